The van der Waals surface area contributed by atoms with Crippen molar-refractivity contribution in [3.05, 3.63) is 95.2 Å². The molecule has 0 aliphatic carbocycles. The first kappa shape index (κ1) is 27.7. The lowest BCUT2D eigenvalue weighted by molar-refractivity contribution is 0.0527. The van der Waals surface area contributed by atoms with Gasteiger partial charge < -0.3 is 24.0 Å². The maximum atomic E-state index is 12.9. The lowest BCUT2D eigenvalue weighted by Crippen LogP contribution is -2.49. The minimum absolute atomic E-state index is 0.183. The number of carbonyl (C=O) groups is 1. The highest BCUT2D eigenvalue weighted by molar-refractivity contribution is 6.06. The second-order valence-corrected chi connectivity index (χ2v) is 10.5. The molecule has 0 amide bonds. The lowest BCUT2D eigenvalue weighted by Gasteiger charge is -2.36. The van der Waals surface area contributed by atoms with Gasteiger partial charge in [-0.1, -0.05) is 48.0 Å². The van der Waals surface area contributed by atoms with Crippen LogP contribution in [0.25, 0.3) is 10.9 Å². The summed E-state index contributed by atoms with van der Waals surface area (Å²) < 4.78 is 13.6. The highest BCUT2D eigenvalue weighted by Crippen LogP contribution is 2.31. The zero-order valence-electron chi connectivity index (χ0n) is 23.7. The number of β-amino-alcohol motifs (C(OH)–C–C–N with tert-alkyl or cyclic N) is 1. The average molecular weight is 542 g/mol. The Morgan fingerprint density at radius 1 is 0.950 bits per heavy atom. The van der Waals surface area contributed by atoms with E-state index >= 15 is 0 Å². The van der Waals surface area contributed by atoms with Gasteiger partial charge >= 0.3 is 5.97 Å². The molecule has 4 aromatic rings. The first-order chi connectivity index (χ1) is 19.4. The van der Waals surface area contributed by atoms with Gasteiger partial charge in [-0.25, -0.2) is 4.79 Å². The first-order valence-electron chi connectivity index (χ1n) is 14.1. The number of aryl methyl sites for hydroxylation is 1. The van der Waals surface area contributed by atoms with Gasteiger partial charge in [-0.05, 0) is 56.7 Å². The molecular weight excluding hydrogens is 502 g/mol. The van der Waals surface area contributed by atoms with Gasteiger partial charge in [0.25, 0.3) is 0 Å². The monoisotopic (exact) mass is 541 g/mol. The van der Waals surface area contributed by atoms with Crippen LogP contribution in [0.3, 0.4) is 0 Å². The molecule has 7 heteroatoms. The van der Waals surface area contributed by atoms with Gasteiger partial charge in [-0.15, -0.1) is 0 Å². The van der Waals surface area contributed by atoms with Crippen LogP contribution in [-0.2, 0) is 11.3 Å². The average Bonchev–Trinajstić information content (AvgIpc) is 3.23. The second-order valence-electron chi connectivity index (χ2n) is 10.5. The maximum Gasteiger partial charge on any atom is 0.340 e. The molecule has 1 atom stereocenters. The number of fused-ring (bicyclic) bond motifs is 1. The summed E-state index contributed by atoms with van der Waals surface area (Å²) in [4.78, 5) is 17.6. The number of aromatic nitrogens is 1. The van der Waals surface area contributed by atoms with Crippen LogP contribution >= 0.6 is 0 Å². The van der Waals surface area contributed by atoms with E-state index in [0.29, 0.717) is 31.0 Å². The lowest BCUT2D eigenvalue weighted by atomic mass is 10.1. The number of nitrogens with zero attached hydrogens (tertiary/aromatic N) is 3. The number of hydrogen-bond acceptors (Lipinski definition) is 6. The molecule has 0 unspecified atom stereocenters. The largest absolute Gasteiger partial charge is 0.491 e. The number of aliphatic hydroxyl groups is 1. The van der Waals surface area contributed by atoms with Crippen LogP contribution < -0.4 is 9.64 Å². The van der Waals surface area contributed by atoms with Crippen molar-refractivity contribution < 1.29 is 19.4 Å². The molecule has 1 N–H and O–H groups in total. The number of carbonyl (C=O) groups excluding carboxylic acids is 1. The van der Waals surface area contributed by atoms with E-state index < -0.39 is 6.10 Å². The van der Waals surface area contributed by atoms with Gasteiger partial charge in [0, 0.05) is 61.6 Å². The number of rotatable bonds is 10. The Balaban J connectivity index is 1.24. The predicted octanol–water partition coefficient (Wildman–Crippen LogP) is 5.05. The second kappa shape index (κ2) is 12.6. The fourth-order valence-corrected chi connectivity index (χ4v) is 5.47. The summed E-state index contributed by atoms with van der Waals surface area (Å²) in [5.41, 5.74) is 6.04. The van der Waals surface area contributed by atoms with Crippen molar-refractivity contribution in [3.63, 3.8) is 0 Å². The van der Waals surface area contributed by atoms with Crippen molar-refractivity contribution in [2.45, 2.75) is 33.4 Å². The van der Waals surface area contributed by atoms with Crippen molar-refractivity contribution in [3.8, 4) is 5.75 Å². The van der Waals surface area contributed by atoms with E-state index in [1.54, 1.807) is 0 Å². The summed E-state index contributed by atoms with van der Waals surface area (Å²) in [6, 6.07) is 24.6. The molecule has 1 aromatic heterocycles. The van der Waals surface area contributed by atoms with Gasteiger partial charge in [0.2, 0.25) is 0 Å². The van der Waals surface area contributed by atoms with E-state index in [4.69, 9.17) is 9.47 Å². The SMILES string of the molecule is CCOC(=O)c1c(C)n(Cc2ccccc2)c2ccc(OC[C@@H](O)CN3CCN(c4ccc(C)cc4)CC3)cc12. The smallest absolute Gasteiger partial charge is 0.340 e. The summed E-state index contributed by atoms with van der Waals surface area (Å²) in [7, 11) is 0. The van der Waals surface area contributed by atoms with Crippen molar-refractivity contribution in [1.82, 2.24) is 9.47 Å². The molecule has 0 bridgehead atoms. The highest BCUT2D eigenvalue weighted by Gasteiger charge is 2.23. The summed E-state index contributed by atoms with van der Waals surface area (Å²) >= 11 is 0. The predicted molar refractivity (Wildman–Crippen MR) is 160 cm³/mol. The van der Waals surface area contributed by atoms with Gasteiger partial charge in [-0.3, -0.25) is 4.90 Å². The molecule has 1 aliphatic heterocycles. The normalized spacial score (nSPS) is 14.8. The molecule has 0 spiro atoms. The third-order valence-corrected chi connectivity index (χ3v) is 7.64. The van der Waals surface area contributed by atoms with E-state index in [-0.39, 0.29) is 12.6 Å². The molecular formula is C33H39N3O4. The molecule has 0 radical (unpaired) electrons. The van der Waals surface area contributed by atoms with E-state index in [9.17, 15) is 9.90 Å². The molecule has 0 saturated carbocycles. The van der Waals surface area contributed by atoms with Gasteiger partial charge in [0.15, 0.2) is 0 Å². The maximum absolute atomic E-state index is 12.9. The summed E-state index contributed by atoms with van der Waals surface area (Å²) in [5, 5.41) is 11.6. The highest BCUT2D eigenvalue weighted by atomic mass is 16.5. The molecule has 5 rings (SSSR count). The third-order valence-electron chi connectivity index (χ3n) is 7.64. The van der Waals surface area contributed by atoms with Crippen LogP contribution in [0.2, 0.25) is 0 Å². The first-order valence-corrected chi connectivity index (χ1v) is 14.1. The zero-order valence-corrected chi connectivity index (χ0v) is 23.7. The number of aliphatic hydroxyl groups excluding tert-OH is 1. The number of esters is 1. The van der Waals surface area contributed by atoms with E-state index in [1.807, 2.05) is 50.2 Å². The zero-order chi connectivity index (χ0) is 28.1. The molecule has 7 nitrogen and oxygen atoms in total. The minimum Gasteiger partial charge on any atom is -0.491 e. The Kier molecular flexibility index (Phi) is 8.72. The number of ether oxygens (including phenoxy) is 2. The van der Waals surface area contributed by atoms with E-state index in [1.165, 1.54) is 11.3 Å². The Morgan fingerprint density at radius 3 is 2.38 bits per heavy atom. The molecule has 3 aromatic carbocycles. The topological polar surface area (TPSA) is 67.2 Å². The van der Waals surface area contributed by atoms with Gasteiger partial charge in [0.05, 0.1) is 12.2 Å². The van der Waals surface area contributed by atoms with Crippen LogP contribution in [0.4, 0.5) is 5.69 Å². The van der Waals surface area contributed by atoms with Crippen LogP contribution in [0.5, 0.6) is 5.75 Å². The molecule has 40 heavy (non-hydrogen) atoms. The quantitative estimate of drug-likeness (QED) is 0.284. The fraction of sp³-hybridized carbons (Fsp3) is 0.364. The molecule has 210 valence electrons. The molecule has 1 fully saturated rings. The van der Waals surface area contributed by atoms with Crippen LogP contribution in [0.15, 0.2) is 72.8 Å². The minimum atomic E-state index is -0.615. The number of piperazine rings is 1. The molecule has 1 aliphatic rings. The van der Waals surface area contributed by atoms with Gasteiger partial charge in [0.1, 0.15) is 18.5 Å². The van der Waals surface area contributed by atoms with Crippen LogP contribution in [0, 0.1) is 13.8 Å². The number of benzene rings is 3. The molecule has 1 saturated heterocycles. The third kappa shape index (κ3) is 6.32. The Hall–Kier alpha value is -3.81. The number of anilines is 1. The summed E-state index contributed by atoms with van der Waals surface area (Å²) in [6.07, 6.45) is -0.615. The Morgan fingerprint density at radius 2 is 1.68 bits per heavy atom. The Labute approximate surface area is 236 Å². The van der Waals surface area contributed by atoms with E-state index in [0.717, 1.165) is 48.3 Å². The van der Waals surface area contributed by atoms with E-state index in [2.05, 4.69) is 57.7 Å². The van der Waals surface area contributed by atoms with Crippen molar-refractivity contribution in [2.75, 3.05) is 50.8 Å². The number of hydrogen-bond donors (Lipinski definition) is 1. The van der Waals surface area contributed by atoms with Crippen molar-refractivity contribution in [1.29, 1.82) is 0 Å². The van der Waals surface area contributed by atoms with Crippen molar-refractivity contribution in [2.24, 2.45) is 0 Å². The summed E-state index contributed by atoms with van der Waals surface area (Å²) in [6.45, 7) is 11.2. The Bertz CT molecular complexity index is 1420. The molecule has 2 heterocycles. The van der Waals surface area contributed by atoms with Crippen LogP contribution in [-0.4, -0.2) is 72.6 Å². The standard InChI is InChI=1S/C33H39N3O4/c1-4-39-33(38)32-25(3)36(21-26-8-6-5-7-9-26)31-15-14-29(20-30(31)32)40-23-28(37)22-34-16-18-35(19-17-34)27-12-10-24(2)11-13-27/h5-15,20,28,37H,4,16-19,21-23H2,1-3H3/t28-/m0/s1. The van der Waals surface area contributed by atoms with Gasteiger partial charge in [-0.2, -0.15) is 0 Å². The van der Waals surface area contributed by atoms with Crippen molar-refractivity contribution >= 4 is 22.6 Å². The fourth-order valence-electron chi connectivity index (χ4n) is 5.47. The summed E-state index contributed by atoms with van der Waals surface area (Å²) in [5.74, 6) is 0.289. The van der Waals surface area contributed by atoms with Crippen LogP contribution in [0.1, 0.15) is 34.1 Å².